The van der Waals surface area contributed by atoms with Gasteiger partial charge >= 0.3 is 11.9 Å². The molecular weight excluding hydrogens is 310 g/mol. The lowest BCUT2D eigenvalue weighted by atomic mass is 9.97. The van der Waals surface area contributed by atoms with E-state index in [1.807, 2.05) is 0 Å². The first-order valence-electron chi connectivity index (χ1n) is 8.82. The topological polar surface area (TPSA) is 82.0 Å². The molecule has 132 valence electrons. The maximum absolute atomic E-state index is 12.3. The number of hydrogen-bond acceptors (Lipinski definition) is 6. The Morgan fingerprint density at radius 2 is 1.29 bits per heavy atom. The molecule has 2 fully saturated rings. The van der Waals surface area contributed by atoms with Crippen LogP contribution >= 0.6 is 0 Å². The third kappa shape index (κ3) is 5.31. The summed E-state index contributed by atoms with van der Waals surface area (Å²) in [6, 6.07) is 0. The van der Waals surface area contributed by atoms with Gasteiger partial charge in [0.15, 0.2) is 5.70 Å². The van der Waals surface area contributed by atoms with Crippen LogP contribution in [0.4, 0.5) is 0 Å². The number of carbonyl (C=O) groups is 2. The highest BCUT2D eigenvalue weighted by Crippen LogP contribution is 2.24. The van der Waals surface area contributed by atoms with E-state index >= 15 is 0 Å². The molecular formula is C18H25NO5. The predicted octanol–water partition coefficient (Wildman–Crippen LogP) is 3.35. The van der Waals surface area contributed by atoms with E-state index in [0.717, 1.165) is 64.2 Å². The van der Waals surface area contributed by atoms with Crippen LogP contribution in [-0.4, -0.2) is 30.2 Å². The average molecular weight is 335 g/mol. The fourth-order valence-corrected chi connectivity index (χ4v) is 3.24. The highest BCUT2D eigenvalue weighted by atomic mass is 16.6. The van der Waals surface area contributed by atoms with Gasteiger partial charge in [0, 0.05) is 0 Å². The molecule has 2 rings (SSSR count). The summed E-state index contributed by atoms with van der Waals surface area (Å²) in [6.45, 7) is 1.43. The van der Waals surface area contributed by atoms with Crippen LogP contribution in [0.5, 0.6) is 0 Å². The predicted molar refractivity (Wildman–Crippen MR) is 86.8 cm³/mol. The Balaban J connectivity index is 2.04. The number of hydrogen-bond donors (Lipinski definition) is 0. The summed E-state index contributed by atoms with van der Waals surface area (Å²) in [5.41, 5.74) is -0.291. The minimum Gasteiger partial charge on any atom is -0.459 e. The molecule has 0 aromatic rings. The smallest absolute Gasteiger partial charge is 0.358 e. The molecule has 2 aliphatic rings. The number of carbonyl (C=O) groups excluding carboxylic acids is 3. The Kier molecular flexibility index (Phi) is 7.19. The number of rotatable bonds is 5. The summed E-state index contributed by atoms with van der Waals surface area (Å²) in [5.74, 6) is -1.36. The van der Waals surface area contributed by atoms with E-state index in [1.54, 1.807) is 0 Å². The molecule has 0 atom stereocenters. The van der Waals surface area contributed by atoms with Crippen LogP contribution in [0.2, 0.25) is 0 Å². The first-order chi connectivity index (χ1) is 11.6. The van der Waals surface area contributed by atoms with Crippen LogP contribution in [-0.2, 0) is 23.9 Å². The number of ether oxygens (including phenoxy) is 2. The standard InChI is InChI=1S/C18H25NO5/c1-13(17(21)23-14-8-4-2-5-9-14)16(19-12-20)18(22)24-15-10-6-3-7-11-15/h14-15H,2-11H2,1H3/b16-13+. The highest BCUT2D eigenvalue weighted by Gasteiger charge is 2.26. The molecule has 0 unspecified atom stereocenters. The van der Waals surface area contributed by atoms with Crippen molar-refractivity contribution in [3.63, 3.8) is 0 Å². The third-order valence-corrected chi connectivity index (χ3v) is 4.66. The van der Waals surface area contributed by atoms with Crippen molar-refractivity contribution in [1.82, 2.24) is 0 Å². The minimum absolute atomic E-state index is 0.00438. The van der Waals surface area contributed by atoms with Crippen LogP contribution < -0.4 is 0 Å². The van der Waals surface area contributed by atoms with Crippen LogP contribution in [0.1, 0.15) is 71.1 Å². The summed E-state index contributed by atoms with van der Waals surface area (Å²) in [5, 5.41) is 0. The van der Waals surface area contributed by atoms with Crippen molar-refractivity contribution >= 4 is 18.0 Å². The molecule has 0 spiro atoms. The normalized spacial score (nSPS) is 20.5. The molecule has 2 aliphatic carbocycles. The van der Waals surface area contributed by atoms with E-state index < -0.39 is 11.9 Å². The molecule has 2 saturated carbocycles. The molecule has 24 heavy (non-hydrogen) atoms. The summed E-state index contributed by atoms with van der Waals surface area (Å²) < 4.78 is 10.8. The van der Waals surface area contributed by atoms with E-state index in [1.165, 1.54) is 13.0 Å². The van der Waals surface area contributed by atoms with Crippen LogP contribution in [0.25, 0.3) is 0 Å². The van der Waals surface area contributed by atoms with Gasteiger partial charge in [-0.05, 0) is 58.3 Å². The van der Waals surface area contributed by atoms with Crippen molar-refractivity contribution in [2.75, 3.05) is 0 Å². The largest absolute Gasteiger partial charge is 0.459 e. The van der Waals surface area contributed by atoms with E-state index in [4.69, 9.17) is 9.47 Å². The number of nitrogens with zero attached hydrogens (tertiary/aromatic N) is 1. The summed E-state index contributed by atoms with van der Waals surface area (Å²) in [4.78, 5) is 38.6. The second kappa shape index (κ2) is 9.38. The molecule has 6 heteroatoms. The minimum atomic E-state index is -0.747. The third-order valence-electron chi connectivity index (χ3n) is 4.66. The zero-order valence-electron chi connectivity index (χ0n) is 14.2. The lowest BCUT2D eigenvalue weighted by Gasteiger charge is -2.23. The Morgan fingerprint density at radius 3 is 1.75 bits per heavy atom. The zero-order valence-corrected chi connectivity index (χ0v) is 14.2. The van der Waals surface area contributed by atoms with Crippen molar-refractivity contribution in [2.24, 2.45) is 4.99 Å². The first kappa shape index (κ1) is 18.4. The van der Waals surface area contributed by atoms with Crippen LogP contribution in [0.15, 0.2) is 16.3 Å². The fourth-order valence-electron chi connectivity index (χ4n) is 3.24. The summed E-state index contributed by atoms with van der Waals surface area (Å²) in [7, 11) is 0. The van der Waals surface area contributed by atoms with Gasteiger partial charge in [0.2, 0.25) is 6.08 Å². The zero-order chi connectivity index (χ0) is 17.4. The molecule has 0 N–H and O–H groups in total. The SMILES string of the molecule is C/C(C(=O)OC1CCCCC1)=C(\N=C=O)C(=O)OC1CCCCC1. The molecule has 6 nitrogen and oxygen atoms in total. The molecule has 0 aromatic carbocycles. The fraction of sp³-hybridized carbons (Fsp3) is 0.722. The van der Waals surface area contributed by atoms with Gasteiger partial charge in [-0.3, -0.25) is 0 Å². The second-order valence-corrected chi connectivity index (χ2v) is 6.51. The highest BCUT2D eigenvalue weighted by molar-refractivity contribution is 6.00. The quantitative estimate of drug-likeness (QED) is 0.333. The van der Waals surface area contributed by atoms with Crippen LogP contribution in [0.3, 0.4) is 0 Å². The van der Waals surface area contributed by atoms with Gasteiger partial charge < -0.3 is 9.47 Å². The molecule has 0 aliphatic heterocycles. The Hall–Kier alpha value is -1.94. The van der Waals surface area contributed by atoms with E-state index in [0.29, 0.717) is 0 Å². The van der Waals surface area contributed by atoms with Crippen molar-refractivity contribution in [3.8, 4) is 0 Å². The van der Waals surface area contributed by atoms with Gasteiger partial charge in [0.25, 0.3) is 0 Å². The van der Waals surface area contributed by atoms with E-state index in [-0.39, 0.29) is 23.5 Å². The maximum Gasteiger partial charge on any atom is 0.358 e. The maximum atomic E-state index is 12.3. The molecule has 0 radical (unpaired) electrons. The molecule has 0 saturated heterocycles. The van der Waals surface area contributed by atoms with Crippen molar-refractivity contribution in [2.45, 2.75) is 83.3 Å². The molecule has 0 amide bonds. The number of aliphatic imine (C=N–C) groups is 1. The second-order valence-electron chi connectivity index (χ2n) is 6.51. The van der Waals surface area contributed by atoms with Gasteiger partial charge in [-0.2, -0.15) is 4.99 Å². The van der Waals surface area contributed by atoms with Gasteiger partial charge in [-0.25, -0.2) is 14.4 Å². The Bertz CT molecular complexity index is 536. The average Bonchev–Trinajstić information content (AvgIpc) is 2.60. The first-order valence-corrected chi connectivity index (χ1v) is 8.82. The lowest BCUT2D eigenvalue weighted by molar-refractivity contribution is -0.149. The molecule has 0 aromatic heterocycles. The lowest BCUT2D eigenvalue weighted by Crippen LogP contribution is -2.25. The van der Waals surface area contributed by atoms with Gasteiger partial charge in [-0.1, -0.05) is 12.8 Å². The Morgan fingerprint density at radius 1 is 0.833 bits per heavy atom. The van der Waals surface area contributed by atoms with Crippen molar-refractivity contribution in [3.05, 3.63) is 11.3 Å². The molecule has 0 heterocycles. The van der Waals surface area contributed by atoms with E-state index in [2.05, 4.69) is 4.99 Å². The summed E-state index contributed by atoms with van der Waals surface area (Å²) >= 11 is 0. The summed E-state index contributed by atoms with van der Waals surface area (Å²) in [6.07, 6.45) is 10.7. The monoisotopic (exact) mass is 335 g/mol. The van der Waals surface area contributed by atoms with Crippen LogP contribution in [0, 0.1) is 0 Å². The Labute approximate surface area is 142 Å². The molecule has 0 bridgehead atoms. The van der Waals surface area contributed by atoms with Gasteiger partial charge in [0.05, 0.1) is 5.57 Å². The number of isocyanates is 1. The van der Waals surface area contributed by atoms with E-state index in [9.17, 15) is 14.4 Å². The van der Waals surface area contributed by atoms with Crippen molar-refractivity contribution < 1.29 is 23.9 Å². The van der Waals surface area contributed by atoms with Crippen molar-refractivity contribution in [1.29, 1.82) is 0 Å². The van der Waals surface area contributed by atoms with Gasteiger partial charge in [-0.15, -0.1) is 0 Å². The number of esters is 2. The van der Waals surface area contributed by atoms with Gasteiger partial charge in [0.1, 0.15) is 12.2 Å².